The van der Waals surface area contributed by atoms with E-state index in [2.05, 4.69) is 56.1 Å². The molecule has 1 amide bonds. The smallest absolute Gasteiger partial charge is 0.240 e. The molecule has 1 saturated heterocycles. The minimum Gasteiger partial charge on any atom is -0.338 e. The first-order chi connectivity index (χ1) is 14.8. The molecule has 5 nitrogen and oxygen atoms in total. The summed E-state index contributed by atoms with van der Waals surface area (Å²) in [5, 5.41) is 3.36. The Balaban J connectivity index is 1.99. The summed E-state index contributed by atoms with van der Waals surface area (Å²) >= 11 is 0. The van der Waals surface area contributed by atoms with Crippen LogP contribution >= 0.6 is 0 Å². The number of unbranched alkanes of at least 4 members (excludes halogenated alkanes) is 1. The lowest BCUT2D eigenvalue weighted by Gasteiger charge is -2.41. The van der Waals surface area contributed by atoms with E-state index in [0.29, 0.717) is 30.8 Å². The Morgan fingerprint density at radius 1 is 1.16 bits per heavy atom. The molecule has 1 aromatic rings. The summed E-state index contributed by atoms with van der Waals surface area (Å²) in [6.07, 6.45) is 7.46. The number of piperidine rings is 1. The Morgan fingerprint density at radius 3 is 2.61 bits per heavy atom. The summed E-state index contributed by atoms with van der Waals surface area (Å²) in [4.78, 5) is 15.6. The molecule has 0 aliphatic carbocycles. The summed E-state index contributed by atoms with van der Waals surface area (Å²) in [7, 11) is 0. The van der Waals surface area contributed by atoms with Crippen LogP contribution in [0.5, 0.6) is 0 Å². The third-order valence-electron chi connectivity index (χ3n) is 6.70. The van der Waals surface area contributed by atoms with Crippen molar-refractivity contribution in [3.63, 3.8) is 0 Å². The minimum absolute atomic E-state index is 0.137. The second kappa shape index (κ2) is 13.2. The lowest BCUT2D eigenvalue weighted by atomic mass is 9.84. The van der Waals surface area contributed by atoms with Crippen LogP contribution in [-0.4, -0.2) is 49.1 Å². The van der Waals surface area contributed by atoms with Gasteiger partial charge in [0, 0.05) is 25.7 Å². The molecule has 0 saturated carbocycles. The van der Waals surface area contributed by atoms with Gasteiger partial charge in [-0.1, -0.05) is 38.5 Å². The van der Waals surface area contributed by atoms with E-state index in [-0.39, 0.29) is 5.91 Å². The van der Waals surface area contributed by atoms with Crippen molar-refractivity contribution in [3.8, 4) is 0 Å². The number of hydrogen-bond donors (Lipinski definition) is 3. The molecule has 5 N–H and O–H groups in total. The summed E-state index contributed by atoms with van der Waals surface area (Å²) in [5.41, 5.74) is 15.7. The molecule has 0 aromatic heterocycles. The van der Waals surface area contributed by atoms with Crippen LogP contribution in [0, 0.1) is 25.7 Å². The lowest BCUT2D eigenvalue weighted by molar-refractivity contribution is -0.137. The van der Waals surface area contributed by atoms with Crippen molar-refractivity contribution >= 4 is 5.91 Å². The molecule has 2 unspecified atom stereocenters. The van der Waals surface area contributed by atoms with Crippen LogP contribution in [-0.2, 0) is 11.2 Å². The highest BCUT2D eigenvalue weighted by molar-refractivity contribution is 5.82. The van der Waals surface area contributed by atoms with Crippen molar-refractivity contribution in [1.29, 1.82) is 0 Å². The van der Waals surface area contributed by atoms with Gasteiger partial charge in [-0.05, 0) is 87.4 Å². The summed E-state index contributed by atoms with van der Waals surface area (Å²) in [6, 6.07) is 6.28. The molecule has 0 spiro atoms. The van der Waals surface area contributed by atoms with E-state index < -0.39 is 6.04 Å². The van der Waals surface area contributed by atoms with Gasteiger partial charge in [0.15, 0.2) is 0 Å². The number of likely N-dealkylation sites (tertiary alicyclic amines) is 1. The fourth-order valence-electron chi connectivity index (χ4n) is 4.87. The van der Waals surface area contributed by atoms with Gasteiger partial charge >= 0.3 is 0 Å². The normalized spacial score (nSPS) is 20.3. The van der Waals surface area contributed by atoms with Gasteiger partial charge in [0.2, 0.25) is 5.91 Å². The maximum absolute atomic E-state index is 13.4. The molecular formula is C26H46N4O. The molecule has 1 aromatic carbocycles. The number of hydrogen-bond acceptors (Lipinski definition) is 4. The SMILES string of the molecule is Cc1ccc(CC(N)C(=O)N2C[C@@H](CC(C)C)CCC2CCCCNCCN)cc1C. The molecule has 176 valence electrons. The largest absolute Gasteiger partial charge is 0.338 e. The summed E-state index contributed by atoms with van der Waals surface area (Å²) < 4.78 is 0. The third-order valence-corrected chi connectivity index (χ3v) is 6.70. The van der Waals surface area contributed by atoms with Crippen LogP contribution in [0.15, 0.2) is 18.2 Å². The predicted molar refractivity (Wildman–Crippen MR) is 131 cm³/mol. The third kappa shape index (κ3) is 8.55. The van der Waals surface area contributed by atoms with E-state index in [0.717, 1.165) is 50.9 Å². The van der Waals surface area contributed by atoms with Gasteiger partial charge in [0.05, 0.1) is 6.04 Å². The molecular weight excluding hydrogens is 384 g/mol. The second-order valence-corrected chi connectivity index (χ2v) is 9.98. The van der Waals surface area contributed by atoms with Crippen molar-refractivity contribution < 1.29 is 4.79 Å². The monoisotopic (exact) mass is 430 g/mol. The average Bonchev–Trinajstić information content (AvgIpc) is 2.73. The highest BCUT2D eigenvalue weighted by Crippen LogP contribution is 2.30. The van der Waals surface area contributed by atoms with Crippen LogP contribution in [0.4, 0.5) is 0 Å². The number of carbonyl (C=O) groups is 1. The van der Waals surface area contributed by atoms with Crippen LogP contribution in [0.25, 0.3) is 0 Å². The molecule has 1 aliphatic heterocycles. The Kier molecular flexibility index (Phi) is 11.0. The maximum Gasteiger partial charge on any atom is 0.240 e. The fourth-order valence-corrected chi connectivity index (χ4v) is 4.87. The molecule has 5 heteroatoms. The van der Waals surface area contributed by atoms with Gasteiger partial charge in [-0.2, -0.15) is 0 Å². The highest BCUT2D eigenvalue weighted by atomic mass is 16.2. The fraction of sp³-hybridized carbons (Fsp3) is 0.731. The van der Waals surface area contributed by atoms with Crippen LogP contribution in [0.3, 0.4) is 0 Å². The molecule has 31 heavy (non-hydrogen) atoms. The van der Waals surface area contributed by atoms with Crippen molar-refractivity contribution in [2.75, 3.05) is 26.2 Å². The van der Waals surface area contributed by atoms with Gasteiger partial charge in [-0.25, -0.2) is 0 Å². The summed E-state index contributed by atoms with van der Waals surface area (Å²) in [6.45, 7) is 12.2. The van der Waals surface area contributed by atoms with Gasteiger partial charge in [-0.15, -0.1) is 0 Å². The zero-order valence-electron chi connectivity index (χ0n) is 20.3. The van der Waals surface area contributed by atoms with Gasteiger partial charge < -0.3 is 21.7 Å². The molecule has 0 radical (unpaired) electrons. The van der Waals surface area contributed by atoms with Gasteiger partial charge in [0.1, 0.15) is 0 Å². The zero-order chi connectivity index (χ0) is 22.8. The quantitative estimate of drug-likeness (QED) is 0.443. The first-order valence-electron chi connectivity index (χ1n) is 12.3. The molecule has 0 bridgehead atoms. The number of benzene rings is 1. The zero-order valence-corrected chi connectivity index (χ0v) is 20.3. The summed E-state index contributed by atoms with van der Waals surface area (Å²) in [5.74, 6) is 1.40. The highest BCUT2D eigenvalue weighted by Gasteiger charge is 2.33. The van der Waals surface area contributed by atoms with Crippen LogP contribution < -0.4 is 16.8 Å². The number of aryl methyl sites for hydroxylation is 2. The van der Waals surface area contributed by atoms with Crippen molar-refractivity contribution in [1.82, 2.24) is 10.2 Å². The van der Waals surface area contributed by atoms with Crippen molar-refractivity contribution in [2.24, 2.45) is 23.3 Å². The Labute approximate surface area is 190 Å². The topological polar surface area (TPSA) is 84.4 Å². The first kappa shape index (κ1) is 25.8. The molecule has 3 atom stereocenters. The maximum atomic E-state index is 13.4. The Bertz CT molecular complexity index is 675. The van der Waals surface area contributed by atoms with E-state index in [1.807, 2.05) is 0 Å². The van der Waals surface area contributed by atoms with E-state index in [4.69, 9.17) is 11.5 Å². The van der Waals surface area contributed by atoms with Crippen molar-refractivity contribution in [3.05, 3.63) is 34.9 Å². The standard InChI is InChI=1S/C26H46N4O/c1-19(2)15-23-10-11-24(7-5-6-13-29-14-12-27)30(18-23)26(31)25(28)17-22-9-8-20(3)21(4)16-22/h8-9,16,19,23-25,29H,5-7,10-15,17-18,27-28H2,1-4H3/t23-,24?,25?/m1/s1. The average molecular weight is 431 g/mol. The van der Waals surface area contributed by atoms with Gasteiger partial charge in [-0.3, -0.25) is 4.79 Å². The number of nitrogens with one attached hydrogen (secondary N) is 1. The molecule has 2 rings (SSSR count). The number of amides is 1. The first-order valence-corrected chi connectivity index (χ1v) is 12.3. The predicted octanol–water partition coefficient (Wildman–Crippen LogP) is 3.55. The number of nitrogens with zero attached hydrogens (tertiary/aromatic N) is 1. The lowest BCUT2D eigenvalue weighted by Crippen LogP contribution is -2.53. The van der Waals surface area contributed by atoms with Gasteiger partial charge in [0.25, 0.3) is 0 Å². The van der Waals surface area contributed by atoms with Crippen molar-refractivity contribution in [2.45, 2.75) is 84.7 Å². The molecule has 1 fully saturated rings. The number of rotatable bonds is 12. The minimum atomic E-state index is -0.464. The van der Waals surface area contributed by atoms with E-state index in [1.54, 1.807) is 0 Å². The van der Waals surface area contributed by atoms with Crippen LogP contribution in [0.1, 0.15) is 69.1 Å². The van der Waals surface area contributed by atoms with E-state index >= 15 is 0 Å². The van der Waals surface area contributed by atoms with E-state index in [9.17, 15) is 4.79 Å². The molecule has 1 aliphatic rings. The van der Waals surface area contributed by atoms with E-state index in [1.165, 1.54) is 24.0 Å². The second-order valence-electron chi connectivity index (χ2n) is 9.98. The molecule has 1 heterocycles. The Morgan fingerprint density at radius 2 is 1.94 bits per heavy atom. The van der Waals surface area contributed by atoms with Crippen LogP contribution in [0.2, 0.25) is 0 Å². The number of carbonyl (C=O) groups excluding carboxylic acids is 1. The number of nitrogens with two attached hydrogens (primary N) is 2. The Hall–Kier alpha value is -1.43.